The largest absolute Gasteiger partial charge is 0.508 e. The maximum absolute atomic E-state index is 9.60. The fourth-order valence-electron chi connectivity index (χ4n) is 2.09. The van der Waals surface area contributed by atoms with E-state index in [2.05, 4.69) is 4.90 Å². The first-order valence-electron chi connectivity index (χ1n) is 4.81. The molecule has 2 rings (SSSR count). The van der Waals surface area contributed by atoms with Crippen molar-refractivity contribution >= 4 is 5.69 Å². The van der Waals surface area contributed by atoms with Crippen LogP contribution in [0.15, 0.2) is 18.2 Å². The Bertz CT molecular complexity index is 349. The Morgan fingerprint density at radius 1 is 1.50 bits per heavy atom. The summed E-state index contributed by atoms with van der Waals surface area (Å²) in [6, 6.07) is 5.32. The Hall–Kier alpha value is -1.22. The maximum Gasteiger partial charge on any atom is 0.116 e. The summed E-state index contributed by atoms with van der Waals surface area (Å²) in [5.74, 6) is 0.381. The molecular weight excluding hydrogens is 178 g/mol. The van der Waals surface area contributed by atoms with E-state index in [1.165, 1.54) is 0 Å². The summed E-state index contributed by atoms with van der Waals surface area (Å²) in [7, 11) is 2.00. The van der Waals surface area contributed by atoms with Crippen molar-refractivity contribution in [2.75, 3.05) is 18.5 Å². The van der Waals surface area contributed by atoms with Crippen LogP contribution in [-0.4, -0.2) is 29.9 Å². The predicted octanol–water partition coefficient (Wildman–Crippen LogP) is 1.31. The van der Waals surface area contributed by atoms with Crippen LogP contribution in [0, 0.1) is 0 Å². The Balaban J connectivity index is 2.45. The Morgan fingerprint density at radius 2 is 2.21 bits per heavy atom. The fraction of sp³-hybridized carbons (Fsp3) is 0.455. The van der Waals surface area contributed by atoms with Gasteiger partial charge in [0.25, 0.3) is 0 Å². The summed E-state index contributed by atoms with van der Waals surface area (Å²) in [6.45, 7) is 2.61. The van der Waals surface area contributed by atoms with Crippen LogP contribution < -0.4 is 4.90 Å². The van der Waals surface area contributed by atoms with Gasteiger partial charge in [0.15, 0.2) is 0 Å². The number of rotatable bonds is 1. The number of phenols is 1. The second kappa shape index (κ2) is 3.17. The molecular formula is C11H15NO2. The zero-order chi connectivity index (χ0) is 10.3. The molecule has 1 aromatic carbocycles. The molecule has 0 saturated carbocycles. The molecule has 76 valence electrons. The molecule has 2 N–H and O–H groups in total. The van der Waals surface area contributed by atoms with E-state index in [9.17, 15) is 10.2 Å². The molecule has 0 aliphatic carbocycles. The van der Waals surface area contributed by atoms with Gasteiger partial charge in [-0.1, -0.05) is 0 Å². The molecule has 1 heterocycles. The van der Waals surface area contributed by atoms with Crippen LogP contribution in [0.4, 0.5) is 5.69 Å². The number of aliphatic hydroxyl groups is 1. The summed E-state index contributed by atoms with van der Waals surface area (Å²) >= 11 is 0. The summed E-state index contributed by atoms with van der Waals surface area (Å²) in [5.41, 5.74) is 2.15. The molecule has 1 aromatic rings. The van der Waals surface area contributed by atoms with Crippen molar-refractivity contribution in [3.63, 3.8) is 0 Å². The number of anilines is 1. The van der Waals surface area contributed by atoms with E-state index in [1.807, 2.05) is 13.1 Å². The average molecular weight is 193 g/mol. The summed E-state index contributed by atoms with van der Waals surface area (Å²) in [4.78, 5) is 2.10. The predicted molar refractivity (Wildman–Crippen MR) is 55.8 cm³/mol. The molecule has 14 heavy (non-hydrogen) atoms. The first-order chi connectivity index (χ1) is 6.59. The quantitative estimate of drug-likeness (QED) is 0.706. The van der Waals surface area contributed by atoms with Crippen LogP contribution in [0.2, 0.25) is 0 Å². The third-order valence-corrected chi connectivity index (χ3v) is 2.87. The van der Waals surface area contributed by atoms with Crippen molar-refractivity contribution in [2.45, 2.75) is 18.9 Å². The third kappa shape index (κ3) is 1.34. The standard InChI is InChI=1S/C11H15NO2/c1-7(13)10-6-12(2)11-4-3-8(14)5-9(10)11/h3-5,7,10,13-14H,6H2,1-2H3. The van der Waals surface area contributed by atoms with Crippen molar-refractivity contribution in [1.82, 2.24) is 0 Å². The molecule has 3 heteroatoms. The lowest BCUT2D eigenvalue weighted by Gasteiger charge is -2.14. The first kappa shape index (κ1) is 9.34. The van der Waals surface area contributed by atoms with Gasteiger partial charge in [0.05, 0.1) is 6.10 Å². The van der Waals surface area contributed by atoms with Gasteiger partial charge < -0.3 is 15.1 Å². The van der Waals surface area contributed by atoms with Crippen LogP contribution in [0.3, 0.4) is 0 Å². The molecule has 0 saturated heterocycles. The van der Waals surface area contributed by atoms with Crippen LogP contribution in [-0.2, 0) is 0 Å². The molecule has 1 aliphatic rings. The zero-order valence-corrected chi connectivity index (χ0v) is 8.44. The smallest absolute Gasteiger partial charge is 0.116 e. The van der Waals surface area contributed by atoms with Gasteiger partial charge in [0.2, 0.25) is 0 Å². The summed E-state index contributed by atoms with van der Waals surface area (Å²) in [6.07, 6.45) is -0.375. The first-order valence-corrected chi connectivity index (χ1v) is 4.81. The van der Waals surface area contributed by atoms with Crippen molar-refractivity contribution in [3.05, 3.63) is 23.8 Å². The number of nitrogens with zero attached hydrogens (tertiary/aromatic N) is 1. The molecule has 0 radical (unpaired) electrons. The highest BCUT2D eigenvalue weighted by molar-refractivity contribution is 5.61. The average Bonchev–Trinajstić information content (AvgIpc) is 2.43. The highest BCUT2D eigenvalue weighted by Crippen LogP contribution is 2.38. The Morgan fingerprint density at radius 3 is 2.86 bits per heavy atom. The minimum atomic E-state index is -0.375. The maximum atomic E-state index is 9.60. The molecule has 2 unspecified atom stereocenters. The SMILES string of the molecule is CC(O)C1CN(C)c2ccc(O)cc21. The van der Waals surface area contributed by atoms with E-state index >= 15 is 0 Å². The highest BCUT2D eigenvalue weighted by atomic mass is 16.3. The summed E-state index contributed by atoms with van der Waals surface area (Å²) < 4.78 is 0. The van der Waals surface area contributed by atoms with Gasteiger partial charge in [-0.2, -0.15) is 0 Å². The monoisotopic (exact) mass is 193 g/mol. The highest BCUT2D eigenvalue weighted by Gasteiger charge is 2.29. The molecule has 0 spiro atoms. The molecule has 1 aliphatic heterocycles. The zero-order valence-electron chi connectivity index (χ0n) is 8.44. The minimum absolute atomic E-state index is 0.113. The molecule has 3 nitrogen and oxygen atoms in total. The second-order valence-corrected chi connectivity index (χ2v) is 3.97. The van der Waals surface area contributed by atoms with Gasteiger partial charge in [-0.3, -0.25) is 0 Å². The lowest BCUT2D eigenvalue weighted by Crippen LogP contribution is -2.21. The van der Waals surface area contributed by atoms with Crippen molar-refractivity contribution in [1.29, 1.82) is 0 Å². The minimum Gasteiger partial charge on any atom is -0.508 e. The van der Waals surface area contributed by atoms with Crippen LogP contribution in [0.5, 0.6) is 5.75 Å². The van der Waals surface area contributed by atoms with Gasteiger partial charge in [-0.25, -0.2) is 0 Å². The fourth-order valence-corrected chi connectivity index (χ4v) is 2.09. The van der Waals surface area contributed by atoms with Gasteiger partial charge >= 0.3 is 0 Å². The van der Waals surface area contributed by atoms with Gasteiger partial charge in [0.1, 0.15) is 5.75 Å². The van der Waals surface area contributed by atoms with Gasteiger partial charge in [-0.05, 0) is 30.7 Å². The number of phenolic OH excluding ortho intramolecular Hbond substituents is 1. The van der Waals surface area contributed by atoms with E-state index in [0.29, 0.717) is 0 Å². The Labute approximate surface area is 83.6 Å². The second-order valence-electron chi connectivity index (χ2n) is 3.97. The number of hydrogen-bond acceptors (Lipinski definition) is 3. The lowest BCUT2D eigenvalue weighted by molar-refractivity contribution is 0.167. The number of aromatic hydroxyl groups is 1. The topological polar surface area (TPSA) is 43.7 Å². The van der Waals surface area contributed by atoms with E-state index in [-0.39, 0.29) is 17.8 Å². The molecule has 2 atom stereocenters. The molecule has 0 fully saturated rings. The number of fused-ring (bicyclic) bond motifs is 1. The van der Waals surface area contributed by atoms with E-state index in [0.717, 1.165) is 17.8 Å². The van der Waals surface area contributed by atoms with Crippen molar-refractivity contribution in [2.24, 2.45) is 0 Å². The van der Waals surface area contributed by atoms with E-state index < -0.39 is 0 Å². The van der Waals surface area contributed by atoms with Crippen LogP contribution in [0.25, 0.3) is 0 Å². The van der Waals surface area contributed by atoms with E-state index in [1.54, 1.807) is 19.1 Å². The van der Waals surface area contributed by atoms with Crippen molar-refractivity contribution in [3.8, 4) is 5.75 Å². The van der Waals surface area contributed by atoms with Crippen LogP contribution >= 0.6 is 0 Å². The molecule has 0 aromatic heterocycles. The van der Waals surface area contributed by atoms with Gasteiger partial charge in [0, 0.05) is 25.2 Å². The number of hydrogen-bond donors (Lipinski definition) is 2. The van der Waals surface area contributed by atoms with Gasteiger partial charge in [-0.15, -0.1) is 0 Å². The van der Waals surface area contributed by atoms with Crippen LogP contribution in [0.1, 0.15) is 18.4 Å². The van der Waals surface area contributed by atoms with E-state index in [4.69, 9.17) is 0 Å². The normalized spacial score (nSPS) is 22.2. The van der Waals surface area contributed by atoms with Crippen molar-refractivity contribution < 1.29 is 10.2 Å². The number of benzene rings is 1. The third-order valence-electron chi connectivity index (χ3n) is 2.87. The summed E-state index contributed by atoms with van der Waals surface area (Å²) in [5, 5.41) is 19.0. The number of likely N-dealkylation sites (N-methyl/N-ethyl adjacent to an activating group) is 1. The molecule has 0 bridgehead atoms. The lowest BCUT2D eigenvalue weighted by atomic mass is 9.96. The Kier molecular flexibility index (Phi) is 2.11. The number of aliphatic hydroxyl groups excluding tert-OH is 1. The molecule has 0 amide bonds.